The zero-order chi connectivity index (χ0) is 13.4. The van der Waals surface area contributed by atoms with E-state index in [2.05, 4.69) is 10.3 Å². The molecule has 1 heterocycles. The van der Waals surface area contributed by atoms with Crippen LogP contribution in [0.4, 0.5) is 5.69 Å². The predicted molar refractivity (Wildman–Crippen MR) is 71.8 cm³/mol. The molecule has 0 aliphatic heterocycles. The van der Waals surface area contributed by atoms with Crippen LogP contribution in [0.5, 0.6) is 5.88 Å². The van der Waals surface area contributed by atoms with Crippen molar-refractivity contribution in [3.63, 3.8) is 0 Å². The second kappa shape index (κ2) is 7.53. The number of aromatic nitrogens is 1. The van der Waals surface area contributed by atoms with Crippen LogP contribution < -0.4 is 10.1 Å². The van der Waals surface area contributed by atoms with Gasteiger partial charge in [0, 0.05) is 19.2 Å². The average molecular weight is 251 g/mol. The Morgan fingerprint density at radius 3 is 2.56 bits per heavy atom. The molecule has 0 aromatic carbocycles. The number of nitrogens with zero attached hydrogens (tertiary/aromatic N) is 2. The van der Waals surface area contributed by atoms with Gasteiger partial charge >= 0.3 is 0 Å². The zero-order valence-electron chi connectivity index (χ0n) is 11.3. The van der Waals surface area contributed by atoms with Gasteiger partial charge in [-0.15, -0.1) is 0 Å². The minimum atomic E-state index is 0.0916. The molecule has 0 aliphatic rings. The number of rotatable bonds is 7. The monoisotopic (exact) mass is 251 g/mol. The van der Waals surface area contributed by atoms with E-state index in [9.17, 15) is 4.79 Å². The van der Waals surface area contributed by atoms with Crippen LogP contribution >= 0.6 is 0 Å². The molecule has 0 atom stereocenters. The van der Waals surface area contributed by atoms with E-state index < -0.39 is 0 Å². The summed E-state index contributed by atoms with van der Waals surface area (Å²) in [7, 11) is 0. The molecule has 100 valence electrons. The molecule has 0 saturated carbocycles. The third-order valence-electron chi connectivity index (χ3n) is 2.59. The van der Waals surface area contributed by atoms with Gasteiger partial charge in [-0.1, -0.05) is 0 Å². The van der Waals surface area contributed by atoms with Crippen molar-refractivity contribution in [2.45, 2.75) is 20.8 Å². The van der Waals surface area contributed by atoms with Gasteiger partial charge in [0.2, 0.25) is 11.8 Å². The highest BCUT2D eigenvalue weighted by Crippen LogP contribution is 2.11. The molecule has 0 unspecified atom stereocenters. The maximum absolute atomic E-state index is 11.8. The van der Waals surface area contributed by atoms with E-state index in [1.165, 1.54) is 0 Å². The van der Waals surface area contributed by atoms with Crippen LogP contribution in [0, 0.1) is 0 Å². The summed E-state index contributed by atoms with van der Waals surface area (Å²) in [6.07, 6.45) is 1.67. The minimum absolute atomic E-state index is 0.0916. The fourth-order valence-corrected chi connectivity index (χ4v) is 1.58. The van der Waals surface area contributed by atoms with Crippen LogP contribution in [0.1, 0.15) is 20.8 Å². The summed E-state index contributed by atoms with van der Waals surface area (Å²) in [5.41, 5.74) is 0.818. The lowest BCUT2D eigenvalue weighted by molar-refractivity contribution is -0.128. The van der Waals surface area contributed by atoms with Crippen molar-refractivity contribution in [1.29, 1.82) is 0 Å². The number of pyridine rings is 1. The van der Waals surface area contributed by atoms with Crippen LogP contribution in [0.15, 0.2) is 18.3 Å². The molecule has 1 N–H and O–H groups in total. The maximum Gasteiger partial charge on any atom is 0.241 e. The van der Waals surface area contributed by atoms with Crippen molar-refractivity contribution < 1.29 is 9.53 Å². The van der Waals surface area contributed by atoms with Crippen molar-refractivity contribution in [2.24, 2.45) is 0 Å². The van der Waals surface area contributed by atoms with Crippen molar-refractivity contribution in [3.05, 3.63) is 18.3 Å². The van der Waals surface area contributed by atoms with E-state index in [1.54, 1.807) is 17.2 Å². The number of amides is 1. The Hall–Kier alpha value is -1.78. The van der Waals surface area contributed by atoms with Crippen LogP contribution in [0.2, 0.25) is 0 Å². The summed E-state index contributed by atoms with van der Waals surface area (Å²) < 4.78 is 5.25. The number of hydrogen-bond donors (Lipinski definition) is 1. The van der Waals surface area contributed by atoms with Gasteiger partial charge in [-0.05, 0) is 26.8 Å². The van der Waals surface area contributed by atoms with Crippen molar-refractivity contribution >= 4 is 11.6 Å². The third-order valence-corrected chi connectivity index (χ3v) is 2.59. The minimum Gasteiger partial charge on any atom is -0.478 e. The highest BCUT2D eigenvalue weighted by molar-refractivity contribution is 5.80. The molecular formula is C13H21N3O2. The molecule has 0 spiro atoms. The summed E-state index contributed by atoms with van der Waals surface area (Å²) in [6.45, 7) is 8.21. The summed E-state index contributed by atoms with van der Waals surface area (Å²) in [4.78, 5) is 17.7. The maximum atomic E-state index is 11.8. The normalized spacial score (nSPS) is 9.94. The Morgan fingerprint density at radius 1 is 1.33 bits per heavy atom. The molecule has 1 amide bonds. The van der Waals surface area contributed by atoms with Gasteiger partial charge in [0.15, 0.2) is 0 Å². The molecule has 0 aliphatic carbocycles. The van der Waals surface area contributed by atoms with Crippen LogP contribution in [0.3, 0.4) is 0 Å². The average Bonchev–Trinajstić information content (AvgIpc) is 2.40. The first kappa shape index (κ1) is 14.3. The molecule has 0 fully saturated rings. The Balaban J connectivity index is 2.45. The summed E-state index contributed by atoms with van der Waals surface area (Å²) >= 11 is 0. The van der Waals surface area contributed by atoms with Crippen molar-refractivity contribution in [3.8, 4) is 5.88 Å². The summed E-state index contributed by atoms with van der Waals surface area (Å²) in [6, 6.07) is 3.64. The Labute approximate surface area is 108 Å². The second-order valence-corrected chi connectivity index (χ2v) is 3.74. The van der Waals surface area contributed by atoms with E-state index in [4.69, 9.17) is 4.74 Å². The number of likely N-dealkylation sites (N-methyl/N-ethyl adjacent to an activating group) is 1. The van der Waals surface area contributed by atoms with Gasteiger partial charge in [0.1, 0.15) is 0 Å². The van der Waals surface area contributed by atoms with Gasteiger partial charge < -0.3 is 15.0 Å². The summed E-state index contributed by atoms with van der Waals surface area (Å²) in [5.74, 6) is 0.687. The zero-order valence-corrected chi connectivity index (χ0v) is 11.3. The van der Waals surface area contributed by atoms with Crippen molar-refractivity contribution in [1.82, 2.24) is 9.88 Å². The molecule has 1 aromatic heterocycles. The lowest BCUT2D eigenvalue weighted by Crippen LogP contribution is -2.35. The lowest BCUT2D eigenvalue weighted by atomic mass is 10.4. The second-order valence-electron chi connectivity index (χ2n) is 3.74. The number of ether oxygens (including phenoxy) is 1. The Morgan fingerprint density at radius 2 is 2.06 bits per heavy atom. The van der Waals surface area contributed by atoms with Gasteiger partial charge in [0.25, 0.3) is 0 Å². The lowest BCUT2D eigenvalue weighted by Gasteiger charge is -2.19. The first-order chi connectivity index (χ1) is 8.71. The van der Waals surface area contributed by atoms with E-state index in [0.717, 1.165) is 18.8 Å². The van der Waals surface area contributed by atoms with Gasteiger partial charge in [-0.2, -0.15) is 0 Å². The SMILES string of the molecule is CCOc1ccc(NCC(=O)N(CC)CC)cn1. The topological polar surface area (TPSA) is 54.5 Å². The molecule has 0 radical (unpaired) electrons. The highest BCUT2D eigenvalue weighted by Gasteiger charge is 2.08. The van der Waals surface area contributed by atoms with Gasteiger partial charge in [0.05, 0.1) is 25.0 Å². The third kappa shape index (κ3) is 4.24. The molecule has 1 aromatic rings. The highest BCUT2D eigenvalue weighted by atomic mass is 16.5. The fraction of sp³-hybridized carbons (Fsp3) is 0.538. The standard InChI is InChI=1S/C13H21N3O2/c1-4-16(5-2)13(17)10-14-11-7-8-12(15-9-11)18-6-3/h7-9,14H,4-6,10H2,1-3H3. The number of carbonyl (C=O) groups is 1. The van der Waals surface area contributed by atoms with Gasteiger partial charge in [-0.3, -0.25) is 4.79 Å². The van der Waals surface area contributed by atoms with Crippen LogP contribution in [0.25, 0.3) is 0 Å². The van der Waals surface area contributed by atoms with E-state index in [1.807, 2.05) is 26.8 Å². The van der Waals surface area contributed by atoms with Crippen LogP contribution in [-0.2, 0) is 4.79 Å². The number of hydrogen-bond acceptors (Lipinski definition) is 4. The Bertz CT molecular complexity index is 361. The number of anilines is 1. The van der Waals surface area contributed by atoms with E-state index in [-0.39, 0.29) is 12.5 Å². The van der Waals surface area contributed by atoms with Gasteiger partial charge in [-0.25, -0.2) is 4.98 Å². The van der Waals surface area contributed by atoms with E-state index >= 15 is 0 Å². The smallest absolute Gasteiger partial charge is 0.241 e. The molecule has 0 saturated heterocycles. The number of nitrogens with one attached hydrogen (secondary N) is 1. The Kier molecular flexibility index (Phi) is 5.97. The molecule has 5 nitrogen and oxygen atoms in total. The molecular weight excluding hydrogens is 230 g/mol. The predicted octanol–water partition coefficient (Wildman–Crippen LogP) is 1.76. The molecule has 5 heteroatoms. The summed E-state index contributed by atoms with van der Waals surface area (Å²) in [5, 5.41) is 3.05. The molecule has 1 rings (SSSR count). The number of carbonyl (C=O) groups excluding carboxylic acids is 1. The first-order valence-electron chi connectivity index (χ1n) is 6.31. The largest absolute Gasteiger partial charge is 0.478 e. The van der Waals surface area contributed by atoms with Crippen molar-refractivity contribution in [2.75, 3.05) is 31.6 Å². The fourth-order valence-electron chi connectivity index (χ4n) is 1.58. The van der Waals surface area contributed by atoms with Crippen LogP contribution in [-0.4, -0.2) is 42.0 Å². The van der Waals surface area contributed by atoms with E-state index in [0.29, 0.717) is 12.5 Å². The molecule has 0 bridgehead atoms. The first-order valence-corrected chi connectivity index (χ1v) is 6.31. The quantitative estimate of drug-likeness (QED) is 0.802. The molecule has 18 heavy (non-hydrogen) atoms.